The first-order valence-corrected chi connectivity index (χ1v) is 11.1. The van der Waals surface area contributed by atoms with E-state index in [1.807, 2.05) is 42.6 Å². The van der Waals surface area contributed by atoms with Gasteiger partial charge in [0.15, 0.2) is 0 Å². The number of aliphatic imine (C=N–C) groups is 1. The number of anilines is 1. The molecule has 0 aliphatic carbocycles. The van der Waals surface area contributed by atoms with Crippen LogP contribution >= 0.6 is 0 Å². The number of hydrogen-bond donors (Lipinski definition) is 0. The SMILES string of the molecule is c1ccc(C2=Nc3ccccc3C(Cc3cnc4ccccc4n3)N2c2ccccc2)cc1. The molecule has 0 amide bonds. The van der Waals surface area contributed by atoms with Crippen LogP contribution in [-0.4, -0.2) is 15.8 Å². The van der Waals surface area contributed by atoms with Gasteiger partial charge in [-0.3, -0.25) is 4.98 Å². The van der Waals surface area contributed by atoms with Crippen molar-refractivity contribution in [2.75, 3.05) is 4.90 Å². The molecule has 1 aromatic heterocycles. The van der Waals surface area contributed by atoms with Gasteiger partial charge in [-0.25, -0.2) is 9.98 Å². The van der Waals surface area contributed by atoms with Crippen molar-refractivity contribution in [1.82, 2.24) is 9.97 Å². The van der Waals surface area contributed by atoms with Crippen molar-refractivity contribution < 1.29 is 0 Å². The third kappa shape index (κ3) is 3.66. The van der Waals surface area contributed by atoms with Crippen LogP contribution < -0.4 is 4.90 Å². The van der Waals surface area contributed by atoms with E-state index >= 15 is 0 Å². The van der Waals surface area contributed by atoms with E-state index in [0.29, 0.717) is 0 Å². The minimum atomic E-state index is 0.0340. The number of hydrogen-bond acceptors (Lipinski definition) is 4. The van der Waals surface area contributed by atoms with Gasteiger partial charge in [-0.2, -0.15) is 0 Å². The van der Waals surface area contributed by atoms with Crippen molar-refractivity contribution in [3.05, 3.63) is 132 Å². The highest BCUT2D eigenvalue weighted by molar-refractivity contribution is 6.12. The topological polar surface area (TPSA) is 41.4 Å². The molecule has 0 radical (unpaired) electrons. The standard InChI is InChI=1S/C29H22N4/c1-3-11-21(12-4-1)29-32-25-16-8-7-15-24(25)28(33(29)23-13-5-2-6-14-23)19-22-20-30-26-17-9-10-18-27(26)31-22/h1-18,20,28H,19H2. The number of benzene rings is 4. The number of fused-ring (bicyclic) bond motifs is 2. The van der Waals surface area contributed by atoms with Gasteiger partial charge in [-0.1, -0.05) is 78.9 Å². The molecule has 4 heteroatoms. The first kappa shape index (κ1) is 19.4. The molecule has 0 saturated carbocycles. The summed E-state index contributed by atoms with van der Waals surface area (Å²) in [5.74, 6) is 0.944. The van der Waals surface area contributed by atoms with E-state index < -0.39 is 0 Å². The van der Waals surface area contributed by atoms with Crippen molar-refractivity contribution in [2.45, 2.75) is 12.5 Å². The maximum atomic E-state index is 5.12. The summed E-state index contributed by atoms with van der Waals surface area (Å²) in [5.41, 5.74) is 7.18. The average Bonchev–Trinajstić information content (AvgIpc) is 2.89. The zero-order valence-corrected chi connectivity index (χ0v) is 18.0. The van der Waals surface area contributed by atoms with Crippen LogP contribution in [0.4, 0.5) is 11.4 Å². The molecule has 158 valence electrons. The van der Waals surface area contributed by atoms with E-state index in [2.05, 4.69) is 82.7 Å². The fourth-order valence-electron chi connectivity index (χ4n) is 4.50. The summed E-state index contributed by atoms with van der Waals surface area (Å²) in [6.45, 7) is 0. The first-order chi connectivity index (χ1) is 16.4. The molecule has 0 saturated heterocycles. The Bertz CT molecular complexity index is 1440. The predicted octanol–water partition coefficient (Wildman–Crippen LogP) is 6.51. The minimum absolute atomic E-state index is 0.0340. The maximum absolute atomic E-state index is 5.12. The Labute approximate surface area is 192 Å². The number of para-hydroxylation sites is 4. The number of nitrogens with zero attached hydrogens (tertiary/aromatic N) is 4. The molecule has 0 N–H and O–H groups in total. The van der Waals surface area contributed by atoms with E-state index in [1.165, 1.54) is 5.56 Å². The lowest BCUT2D eigenvalue weighted by Gasteiger charge is -2.38. The largest absolute Gasteiger partial charge is 0.318 e. The minimum Gasteiger partial charge on any atom is -0.318 e. The Hall–Kier alpha value is -4.31. The second-order valence-corrected chi connectivity index (χ2v) is 8.14. The lowest BCUT2D eigenvalue weighted by Crippen LogP contribution is -2.39. The average molecular weight is 427 g/mol. The number of amidine groups is 1. The Kier molecular flexibility index (Phi) is 4.89. The van der Waals surface area contributed by atoms with Crippen molar-refractivity contribution in [3.8, 4) is 0 Å². The van der Waals surface area contributed by atoms with Gasteiger partial charge in [0.25, 0.3) is 0 Å². The second-order valence-electron chi connectivity index (χ2n) is 8.14. The van der Waals surface area contributed by atoms with Crippen LogP contribution in [0.1, 0.15) is 22.9 Å². The van der Waals surface area contributed by atoms with Crippen LogP contribution in [0.2, 0.25) is 0 Å². The van der Waals surface area contributed by atoms with Crippen LogP contribution in [0.25, 0.3) is 11.0 Å². The lowest BCUT2D eigenvalue weighted by atomic mass is 9.94. The zero-order chi connectivity index (χ0) is 22.0. The maximum Gasteiger partial charge on any atom is 0.141 e. The Morgan fingerprint density at radius 3 is 2.15 bits per heavy atom. The highest BCUT2D eigenvalue weighted by atomic mass is 15.2. The van der Waals surface area contributed by atoms with Gasteiger partial charge in [0.05, 0.1) is 28.5 Å². The normalized spacial score (nSPS) is 15.2. The second kappa shape index (κ2) is 8.32. The van der Waals surface area contributed by atoms with Crippen LogP contribution in [0.3, 0.4) is 0 Å². The van der Waals surface area contributed by atoms with Crippen molar-refractivity contribution >= 4 is 28.2 Å². The molecule has 0 fully saturated rings. The molecule has 1 aliphatic rings. The molecule has 1 aliphatic heterocycles. The third-order valence-corrected chi connectivity index (χ3v) is 6.03. The van der Waals surface area contributed by atoms with Gasteiger partial charge < -0.3 is 4.90 Å². The van der Waals surface area contributed by atoms with Crippen LogP contribution in [-0.2, 0) is 6.42 Å². The van der Waals surface area contributed by atoms with Crippen LogP contribution in [0.5, 0.6) is 0 Å². The molecule has 0 spiro atoms. The molecule has 5 aromatic rings. The van der Waals surface area contributed by atoms with Gasteiger partial charge >= 0.3 is 0 Å². The lowest BCUT2D eigenvalue weighted by molar-refractivity contribution is 0.685. The van der Waals surface area contributed by atoms with E-state index in [4.69, 9.17) is 9.98 Å². The summed E-state index contributed by atoms with van der Waals surface area (Å²) >= 11 is 0. The molecule has 2 heterocycles. The van der Waals surface area contributed by atoms with E-state index in [1.54, 1.807) is 0 Å². The van der Waals surface area contributed by atoms with Gasteiger partial charge in [0, 0.05) is 29.4 Å². The molecule has 4 nitrogen and oxygen atoms in total. The molecule has 4 aromatic carbocycles. The zero-order valence-electron chi connectivity index (χ0n) is 18.0. The summed E-state index contributed by atoms with van der Waals surface area (Å²) in [6.07, 6.45) is 2.62. The predicted molar refractivity (Wildman–Crippen MR) is 134 cm³/mol. The molecule has 1 unspecified atom stereocenters. The van der Waals surface area contributed by atoms with Gasteiger partial charge in [-0.15, -0.1) is 0 Å². The highest BCUT2D eigenvalue weighted by Gasteiger charge is 2.32. The Morgan fingerprint density at radius 2 is 1.33 bits per heavy atom. The van der Waals surface area contributed by atoms with E-state index in [0.717, 1.165) is 45.9 Å². The van der Waals surface area contributed by atoms with Crippen molar-refractivity contribution in [3.63, 3.8) is 0 Å². The third-order valence-electron chi connectivity index (χ3n) is 6.03. The molecule has 1 atom stereocenters. The fraction of sp³-hybridized carbons (Fsp3) is 0.0690. The van der Waals surface area contributed by atoms with Gasteiger partial charge in [0.2, 0.25) is 0 Å². The molecule has 6 rings (SSSR count). The summed E-state index contributed by atoms with van der Waals surface area (Å²) in [6, 6.07) is 37.4. The Morgan fingerprint density at radius 1 is 0.667 bits per heavy atom. The Balaban J connectivity index is 1.52. The van der Waals surface area contributed by atoms with E-state index in [-0.39, 0.29) is 6.04 Å². The van der Waals surface area contributed by atoms with Crippen LogP contribution in [0.15, 0.2) is 120 Å². The van der Waals surface area contributed by atoms with Gasteiger partial charge in [0.1, 0.15) is 5.84 Å². The fourth-order valence-corrected chi connectivity index (χ4v) is 4.50. The molecule has 33 heavy (non-hydrogen) atoms. The molecular weight excluding hydrogens is 404 g/mol. The first-order valence-electron chi connectivity index (χ1n) is 11.1. The number of aromatic nitrogens is 2. The highest BCUT2D eigenvalue weighted by Crippen LogP contribution is 2.40. The van der Waals surface area contributed by atoms with Crippen LogP contribution in [0, 0.1) is 0 Å². The number of rotatable bonds is 4. The summed E-state index contributed by atoms with van der Waals surface area (Å²) in [4.78, 5) is 17.1. The molecule has 0 bridgehead atoms. The van der Waals surface area contributed by atoms with Crippen molar-refractivity contribution in [1.29, 1.82) is 0 Å². The van der Waals surface area contributed by atoms with Gasteiger partial charge in [-0.05, 0) is 30.3 Å². The summed E-state index contributed by atoms with van der Waals surface area (Å²) < 4.78 is 0. The van der Waals surface area contributed by atoms with Crippen molar-refractivity contribution in [2.24, 2.45) is 4.99 Å². The quantitative estimate of drug-likeness (QED) is 0.329. The summed E-state index contributed by atoms with van der Waals surface area (Å²) in [7, 11) is 0. The monoisotopic (exact) mass is 426 g/mol. The summed E-state index contributed by atoms with van der Waals surface area (Å²) in [5, 5.41) is 0. The van der Waals surface area contributed by atoms with E-state index in [9.17, 15) is 0 Å². The smallest absolute Gasteiger partial charge is 0.141 e. The molecular formula is C29H22N4.